The number of nitrogens with zero attached hydrogens (tertiary/aromatic N) is 3. The summed E-state index contributed by atoms with van der Waals surface area (Å²) in [4.78, 5) is 13.7. The van der Waals surface area contributed by atoms with E-state index in [0.29, 0.717) is 19.7 Å². The minimum absolute atomic E-state index is 0.172. The van der Waals surface area contributed by atoms with Crippen molar-refractivity contribution in [2.24, 2.45) is 21.5 Å². The van der Waals surface area contributed by atoms with Gasteiger partial charge in [-0.05, 0) is 18.9 Å². The maximum Gasteiger partial charge on any atom is 0.223 e. The first-order valence-corrected chi connectivity index (χ1v) is 6.75. The maximum absolute atomic E-state index is 5.86. The van der Waals surface area contributed by atoms with Gasteiger partial charge in [-0.1, -0.05) is 37.3 Å². The molecule has 0 atom stereocenters. The van der Waals surface area contributed by atoms with Crippen LogP contribution < -0.4 is 11.5 Å². The van der Waals surface area contributed by atoms with E-state index in [9.17, 15) is 0 Å². The zero-order valence-corrected chi connectivity index (χ0v) is 12.1. The Morgan fingerprint density at radius 1 is 1.20 bits per heavy atom. The molecular weight excluding hydrogens is 254 g/mol. The summed E-state index contributed by atoms with van der Waals surface area (Å²) in [5.74, 6) is 0.381. The lowest BCUT2D eigenvalue weighted by Crippen LogP contribution is -2.38. The minimum Gasteiger partial charge on any atom is -0.368 e. The number of guanidine groups is 2. The molecule has 4 N–H and O–H groups in total. The first kappa shape index (κ1) is 16.0. The second-order valence-electron chi connectivity index (χ2n) is 4.16. The predicted molar refractivity (Wildman–Crippen MR) is 82.0 cm³/mol. The summed E-state index contributed by atoms with van der Waals surface area (Å²) in [6.07, 6.45) is 0.915. The largest absolute Gasteiger partial charge is 0.368 e. The quantitative estimate of drug-likeness (QED) is 0.468. The van der Waals surface area contributed by atoms with Crippen LogP contribution in [0.5, 0.6) is 0 Å². The average molecular weight is 277 g/mol. The second-order valence-corrected chi connectivity index (χ2v) is 4.16. The Morgan fingerprint density at radius 3 is 2.50 bits per heavy atom. The normalized spacial score (nSPS) is 12.5. The van der Waals surface area contributed by atoms with Crippen LogP contribution in [-0.2, 0) is 11.4 Å². The molecule has 1 rings (SSSR count). The molecule has 6 nitrogen and oxygen atoms in total. The van der Waals surface area contributed by atoms with Gasteiger partial charge in [0.1, 0.15) is 6.61 Å². The van der Waals surface area contributed by atoms with E-state index < -0.39 is 0 Å². The lowest BCUT2D eigenvalue weighted by molar-refractivity contribution is -0.108. The fourth-order valence-corrected chi connectivity index (χ4v) is 1.48. The fourth-order valence-electron chi connectivity index (χ4n) is 1.48. The number of nitrogens with two attached hydrogens (primary N) is 2. The van der Waals surface area contributed by atoms with Gasteiger partial charge in [0, 0.05) is 13.1 Å². The van der Waals surface area contributed by atoms with Crippen LogP contribution in [0.2, 0.25) is 0 Å². The van der Waals surface area contributed by atoms with Crippen molar-refractivity contribution in [2.45, 2.75) is 26.9 Å². The van der Waals surface area contributed by atoms with Gasteiger partial charge in [-0.3, -0.25) is 9.83 Å². The molecule has 0 spiro atoms. The highest BCUT2D eigenvalue weighted by atomic mass is 16.7. The zero-order valence-electron chi connectivity index (χ0n) is 12.1. The summed E-state index contributed by atoms with van der Waals surface area (Å²) in [6, 6.07) is 9.85. The Hall–Kier alpha value is -2.08. The third kappa shape index (κ3) is 5.71. The SMILES string of the molecule is CCCN=C(N)N=C(N)N(CC)OCc1ccccc1. The molecule has 0 bridgehead atoms. The Labute approximate surface area is 120 Å². The first-order chi connectivity index (χ1) is 9.67. The van der Waals surface area contributed by atoms with Crippen molar-refractivity contribution >= 4 is 11.9 Å². The summed E-state index contributed by atoms with van der Waals surface area (Å²) >= 11 is 0. The van der Waals surface area contributed by atoms with E-state index >= 15 is 0 Å². The van der Waals surface area contributed by atoms with E-state index in [2.05, 4.69) is 9.98 Å². The highest BCUT2D eigenvalue weighted by Crippen LogP contribution is 2.02. The standard InChI is InChI=1S/C14H23N5O/c1-3-10-17-13(15)18-14(16)19(4-2)20-11-12-8-6-5-7-9-12/h5-9H,3-4,10-11H2,1-2H3,(H4,15,16,17,18). The van der Waals surface area contributed by atoms with E-state index in [4.69, 9.17) is 16.3 Å². The molecule has 110 valence electrons. The smallest absolute Gasteiger partial charge is 0.223 e. The van der Waals surface area contributed by atoms with Crippen molar-refractivity contribution in [2.75, 3.05) is 13.1 Å². The van der Waals surface area contributed by atoms with Crippen molar-refractivity contribution < 1.29 is 4.84 Å². The van der Waals surface area contributed by atoms with E-state index in [-0.39, 0.29) is 11.9 Å². The molecule has 1 aromatic rings. The molecule has 0 aliphatic carbocycles. The highest BCUT2D eigenvalue weighted by molar-refractivity contribution is 5.92. The summed E-state index contributed by atoms with van der Waals surface area (Å²) in [6.45, 7) is 5.58. The number of hydrogen-bond donors (Lipinski definition) is 2. The van der Waals surface area contributed by atoms with E-state index in [1.54, 1.807) is 0 Å². The van der Waals surface area contributed by atoms with Crippen LogP contribution in [0.15, 0.2) is 40.3 Å². The van der Waals surface area contributed by atoms with Crippen molar-refractivity contribution in [1.82, 2.24) is 5.06 Å². The molecule has 0 saturated heterocycles. The molecule has 1 aromatic carbocycles. The summed E-state index contributed by atoms with van der Waals surface area (Å²) < 4.78 is 0. The number of hydroxylamine groups is 2. The van der Waals surface area contributed by atoms with Gasteiger partial charge < -0.3 is 11.5 Å². The van der Waals surface area contributed by atoms with Crippen molar-refractivity contribution in [3.05, 3.63) is 35.9 Å². The topological polar surface area (TPSA) is 89.2 Å². The van der Waals surface area contributed by atoms with E-state index in [1.165, 1.54) is 5.06 Å². The minimum atomic E-state index is 0.172. The lowest BCUT2D eigenvalue weighted by Gasteiger charge is -2.20. The second kappa shape index (κ2) is 8.92. The maximum atomic E-state index is 5.86. The summed E-state index contributed by atoms with van der Waals surface area (Å²) in [7, 11) is 0. The molecular formula is C14H23N5O. The molecule has 0 fully saturated rings. The van der Waals surface area contributed by atoms with E-state index in [1.807, 2.05) is 44.2 Å². The third-order valence-electron chi connectivity index (χ3n) is 2.50. The zero-order chi connectivity index (χ0) is 14.8. The number of rotatable bonds is 6. The monoisotopic (exact) mass is 277 g/mol. The highest BCUT2D eigenvalue weighted by Gasteiger charge is 2.07. The van der Waals surface area contributed by atoms with Crippen LogP contribution >= 0.6 is 0 Å². The number of hydrogen-bond acceptors (Lipinski definition) is 2. The molecule has 0 aromatic heterocycles. The lowest BCUT2D eigenvalue weighted by atomic mass is 10.2. The molecule has 0 radical (unpaired) electrons. The Kier molecular flexibility index (Phi) is 7.13. The van der Waals surface area contributed by atoms with Crippen LogP contribution in [0, 0.1) is 0 Å². The third-order valence-corrected chi connectivity index (χ3v) is 2.50. The Bertz CT molecular complexity index is 444. The van der Waals surface area contributed by atoms with Crippen molar-refractivity contribution in [1.29, 1.82) is 0 Å². The van der Waals surface area contributed by atoms with Gasteiger partial charge in [-0.15, -0.1) is 0 Å². The van der Waals surface area contributed by atoms with Gasteiger partial charge in [0.25, 0.3) is 0 Å². The number of benzene rings is 1. The average Bonchev–Trinajstić information content (AvgIpc) is 2.46. The Morgan fingerprint density at radius 2 is 1.90 bits per heavy atom. The number of aliphatic imine (C=N–C) groups is 2. The van der Waals surface area contributed by atoms with Crippen molar-refractivity contribution in [3.8, 4) is 0 Å². The van der Waals surface area contributed by atoms with Crippen LogP contribution in [0.25, 0.3) is 0 Å². The van der Waals surface area contributed by atoms with Gasteiger partial charge in [-0.25, -0.2) is 5.06 Å². The molecule has 6 heteroatoms. The van der Waals surface area contributed by atoms with Gasteiger partial charge in [0.15, 0.2) is 0 Å². The van der Waals surface area contributed by atoms with Gasteiger partial charge >= 0.3 is 0 Å². The van der Waals surface area contributed by atoms with Crippen LogP contribution in [0.3, 0.4) is 0 Å². The fraction of sp³-hybridized carbons (Fsp3) is 0.429. The van der Waals surface area contributed by atoms with Gasteiger partial charge in [0.05, 0.1) is 0 Å². The van der Waals surface area contributed by atoms with Gasteiger partial charge in [0.2, 0.25) is 11.9 Å². The summed E-state index contributed by atoms with van der Waals surface area (Å²) in [5, 5.41) is 1.50. The molecule has 20 heavy (non-hydrogen) atoms. The van der Waals surface area contributed by atoms with Crippen molar-refractivity contribution in [3.63, 3.8) is 0 Å². The molecule has 0 aliphatic rings. The van der Waals surface area contributed by atoms with Crippen LogP contribution in [-0.4, -0.2) is 30.1 Å². The van der Waals surface area contributed by atoms with Crippen LogP contribution in [0.4, 0.5) is 0 Å². The van der Waals surface area contributed by atoms with Crippen LogP contribution in [0.1, 0.15) is 25.8 Å². The van der Waals surface area contributed by atoms with E-state index in [0.717, 1.165) is 12.0 Å². The molecule has 0 unspecified atom stereocenters. The Balaban J connectivity index is 2.58. The molecule has 0 heterocycles. The first-order valence-electron chi connectivity index (χ1n) is 6.75. The molecule has 0 aliphatic heterocycles. The molecule has 0 saturated carbocycles. The molecule has 0 amide bonds. The summed E-state index contributed by atoms with van der Waals surface area (Å²) in [5.41, 5.74) is 12.6. The van der Waals surface area contributed by atoms with Gasteiger partial charge in [-0.2, -0.15) is 4.99 Å². The predicted octanol–water partition coefficient (Wildman–Crippen LogP) is 1.48.